The van der Waals surface area contributed by atoms with Gasteiger partial charge in [0.05, 0.1) is 5.69 Å². The summed E-state index contributed by atoms with van der Waals surface area (Å²) in [4.78, 5) is 25.5. The summed E-state index contributed by atoms with van der Waals surface area (Å²) in [5.41, 5.74) is 4.92. The topological polar surface area (TPSA) is 104 Å². The molecule has 34 heavy (non-hydrogen) atoms. The lowest BCUT2D eigenvalue weighted by Crippen LogP contribution is -2.21. The summed E-state index contributed by atoms with van der Waals surface area (Å²) in [6, 6.07) is 18.0. The van der Waals surface area contributed by atoms with Crippen LogP contribution in [0.4, 0.5) is 23.0 Å². The van der Waals surface area contributed by atoms with Crippen molar-refractivity contribution in [2.45, 2.75) is 12.5 Å². The third kappa shape index (κ3) is 4.87. The lowest BCUT2D eigenvalue weighted by molar-refractivity contribution is -0.111. The van der Waals surface area contributed by atoms with Crippen molar-refractivity contribution >= 4 is 39.8 Å². The molecule has 1 atom stereocenters. The molecule has 8 nitrogen and oxygen atoms in total. The van der Waals surface area contributed by atoms with Crippen LogP contribution in [0.15, 0.2) is 79.6 Å². The fourth-order valence-corrected chi connectivity index (χ4v) is 3.96. The van der Waals surface area contributed by atoms with Gasteiger partial charge in [0.2, 0.25) is 11.9 Å². The van der Waals surface area contributed by atoms with Crippen molar-refractivity contribution in [1.82, 2.24) is 20.3 Å². The molecule has 2 aromatic carbocycles. The molecular formula is C26H25N7O. The Morgan fingerprint density at radius 3 is 2.71 bits per heavy atom. The summed E-state index contributed by atoms with van der Waals surface area (Å²) < 4.78 is 0. The maximum absolute atomic E-state index is 11.7. The third-order valence-electron chi connectivity index (χ3n) is 5.66. The summed E-state index contributed by atoms with van der Waals surface area (Å²) >= 11 is 0. The highest BCUT2D eigenvalue weighted by Gasteiger charge is 2.14. The number of benzene rings is 2. The molecule has 0 aliphatic carbocycles. The molecule has 0 spiro atoms. The van der Waals surface area contributed by atoms with Gasteiger partial charge in [0.1, 0.15) is 5.52 Å². The standard InChI is InChI=1S/C26H25N7O/c1-2-23(34)31-21-5-3-4-17(14-21)24-25-18(10-13-28-24)15-29-26(33-25)32-20-8-6-19(7-9-20)30-22-11-12-27-16-22/h2-10,13-15,22,27,30H,1,11-12,16H2,(H,31,34)(H,29,32,33)/t22-/m0/s1. The number of hydrogen-bond donors (Lipinski definition) is 4. The van der Waals surface area contributed by atoms with Gasteiger partial charge in [-0.15, -0.1) is 0 Å². The quantitative estimate of drug-likeness (QED) is 0.310. The minimum absolute atomic E-state index is 0.266. The molecule has 0 bridgehead atoms. The summed E-state index contributed by atoms with van der Waals surface area (Å²) in [6.45, 7) is 5.54. The van der Waals surface area contributed by atoms with E-state index in [1.165, 1.54) is 6.08 Å². The fraction of sp³-hybridized carbons (Fsp3) is 0.154. The van der Waals surface area contributed by atoms with Crippen LogP contribution in [0.1, 0.15) is 6.42 Å². The highest BCUT2D eigenvalue weighted by atomic mass is 16.1. The van der Waals surface area contributed by atoms with Crippen LogP contribution in [0, 0.1) is 0 Å². The molecule has 3 heterocycles. The average Bonchev–Trinajstić information content (AvgIpc) is 3.38. The molecule has 170 valence electrons. The van der Waals surface area contributed by atoms with Crippen molar-refractivity contribution in [3.8, 4) is 11.3 Å². The van der Waals surface area contributed by atoms with Crippen molar-refractivity contribution in [2.75, 3.05) is 29.0 Å². The van der Waals surface area contributed by atoms with Crippen LogP contribution in [0.3, 0.4) is 0 Å². The molecule has 4 N–H and O–H groups in total. The Hall–Kier alpha value is -4.30. The number of amides is 1. The van der Waals surface area contributed by atoms with Crippen LogP contribution >= 0.6 is 0 Å². The number of carbonyl (C=O) groups excluding carboxylic acids is 1. The maximum Gasteiger partial charge on any atom is 0.247 e. The van der Waals surface area contributed by atoms with Gasteiger partial charge in [0, 0.05) is 53.0 Å². The first kappa shape index (κ1) is 21.5. The number of rotatable bonds is 7. The Labute approximate surface area is 197 Å². The molecule has 0 unspecified atom stereocenters. The van der Waals surface area contributed by atoms with Gasteiger partial charge in [0.25, 0.3) is 0 Å². The van der Waals surface area contributed by atoms with Gasteiger partial charge in [0.15, 0.2) is 0 Å². The van der Waals surface area contributed by atoms with Gasteiger partial charge in [-0.1, -0.05) is 18.7 Å². The number of hydrogen-bond acceptors (Lipinski definition) is 7. The molecule has 2 aromatic heterocycles. The highest BCUT2D eigenvalue weighted by Crippen LogP contribution is 2.28. The SMILES string of the molecule is C=CC(=O)Nc1cccc(-c2nccc3cnc(Nc4ccc(N[C@H]5CCNC5)cc4)nc23)c1. The van der Waals surface area contributed by atoms with E-state index in [0.29, 0.717) is 23.4 Å². The lowest BCUT2D eigenvalue weighted by atomic mass is 10.1. The van der Waals surface area contributed by atoms with E-state index in [-0.39, 0.29) is 5.91 Å². The Kier molecular flexibility index (Phi) is 6.13. The first-order valence-electron chi connectivity index (χ1n) is 11.2. The second-order valence-electron chi connectivity index (χ2n) is 8.10. The van der Waals surface area contributed by atoms with Crippen LogP contribution < -0.4 is 21.3 Å². The fourth-order valence-electron chi connectivity index (χ4n) is 3.96. The molecule has 5 rings (SSSR count). The van der Waals surface area contributed by atoms with Gasteiger partial charge < -0.3 is 21.3 Å². The molecule has 1 saturated heterocycles. The van der Waals surface area contributed by atoms with Gasteiger partial charge in [-0.3, -0.25) is 9.78 Å². The van der Waals surface area contributed by atoms with Crippen molar-refractivity contribution < 1.29 is 4.79 Å². The summed E-state index contributed by atoms with van der Waals surface area (Å²) in [7, 11) is 0. The lowest BCUT2D eigenvalue weighted by Gasteiger charge is -2.13. The predicted molar refractivity (Wildman–Crippen MR) is 136 cm³/mol. The second kappa shape index (κ2) is 9.68. The smallest absolute Gasteiger partial charge is 0.247 e. The number of anilines is 4. The number of pyridine rings is 1. The normalized spacial score (nSPS) is 15.1. The van der Waals surface area contributed by atoms with Crippen LogP contribution in [0.25, 0.3) is 22.2 Å². The van der Waals surface area contributed by atoms with Crippen molar-refractivity contribution in [3.05, 3.63) is 79.6 Å². The number of nitrogens with zero attached hydrogens (tertiary/aromatic N) is 3. The number of aromatic nitrogens is 3. The second-order valence-corrected chi connectivity index (χ2v) is 8.10. The van der Waals surface area contributed by atoms with Crippen molar-refractivity contribution in [1.29, 1.82) is 0 Å². The Morgan fingerprint density at radius 2 is 1.91 bits per heavy atom. The monoisotopic (exact) mass is 451 g/mol. The summed E-state index contributed by atoms with van der Waals surface area (Å²) in [5.74, 6) is 0.219. The maximum atomic E-state index is 11.7. The van der Waals surface area contributed by atoms with Gasteiger partial charge in [-0.05, 0) is 61.5 Å². The summed E-state index contributed by atoms with van der Waals surface area (Å²) in [6.07, 6.45) is 5.88. The molecule has 1 amide bonds. The third-order valence-corrected chi connectivity index (χ3v) is 5.66. The number of nitrogens with one attached hydrogen (secondary N) is 4. The average molecular weight is 452 g/mol. The van der Waals surface area contributed by atoms with E-state index in [0.717, 1.165) is 47.4 Å². The minimum Gasteiger partial charge on any atom is -0.381 e. The molecule has 8 heteroatoms. The molecule has 1 aliphatic heterocycles. The van der Waals surface area contributed by atoms with E-state index >= 15 is 0 Å². The first-order valence-corrected chi connectivity index (χ1v) is 11.2. The van der Waals surface area contributed by atoms with Crippen molar-refractivity contribution in [3.63, 3.8) is 0 Å². The van der Waals surface area contributed by atoms with E-state index in [4.69, 9.17) is 4.98 Å². The minimum atomic E-state index is -0.266. The highest BCUT2D eigenvalue weighted by molar-refractivity contribution is 5.99. The zero-order valence-corrected chi connectivity index (χ0v) is 18.6. The number of fused-ring (bicyclic) bond motifs is 1. The Bertz CT molecular complexity index is 1330. The van der Waals surface area contributed by atoms with Crippen LogP contribution in [-0.2, 0) is 4.79 Å². The van der Waals surface area contributed by atoms with Gasteiger partial charge in [-0.25, -0.2) is 9.97 Å². The Balaban J connectivity index is 1.39. The zero-order valence-electron chi connectivity index (χ0n) is 18.6. The van der Waals surface area contributed by atoms with E-state index in [9.17, 15) is 4.79 Å². The summed E-state index contributed by atoms with van der Waals surface area (Å²) in [5, 5.41) is 13.8. The van der Waals surface area contributed by atoms with E-state index in [1.54, 1.807) is 12.4 Å². The van der Waals surface area contributed by atoms with E-state index < -0.39 is 0 Å². The molecule has 0 saturated carbocycles. The molecule has 4 aromatic rings. The van der Waals surface area contributed by atoms with Crippen LogP contribution in [0.2, 0.25) is 0 Å². The predicted octanol–water partition coefficient (Wildman–Crippen LogP) is 4.33. The molecule has 1 fully saturated rings. The van der Waals surface area contributed by atoms with Gasteiger partial charge in [-0.2, -0.15) is 0 Å². The first-order chi connectivity index (χ1) is 16.7. The van der Waals surface area contributed by atoms with Gasteiger partial charge >= 0.3 is 0 Å². The molecular weight excluding hydrogens is 426 g/mol. The molecule has 1 aliphatic rings. The van der Waals surface area contributed by atoms with E-state index in [2.05, 4.69) is 49.9 Å². The zero-order chi connectivity index (χ0) is 23.3. The number of carbonyl (C=O) groups is 1. The Morgan fingerprint density at radius 1 is 1.06 bits per heavy atom. The molecule has 0 radical (unpaired) electrons. The van der Waals surface area contributed by atoms with Crippen LogP contribution in [0.5, 0.6) is 0 Å². The van der Waals surface area contributed by atoms with Crippen molar-refractivity contribution in [2.24, 2.45) is 0 Å². The van der Waals surface area contributed by atoms with Crippen LogP contribution in [-0.4, -0.2) is 40.0 Å². The van der Waals surface area contributed by atoms with E-state index in [1.807, 2.05) is 42.5 Å². The largest absolute Gasteiger partial charge is 0.381 e.